The largest absolute Gasteiger partial charge is 0.481 e. The van der Waals surface area contributed by atoms with Gasteiger partial charge in [-0.05, 0) is 36.8 Å². The summed E-state index contributed by atoms with van der Waals surface area (Å²) in [7, 11) is 0. The Morgan fingerprint density at radius 3 is 2.30 bits per heavy atom. The summed E-state index contributed by atoms with van der Waals surface area (Å²) in [5.41, 5.74) is 2.89. The topological polar surface area (TPSA) is 66.8 Å². The highest BCUT2D eigenvalue weighted by Crippen LogP contribution is 2.33. The van der Waals surface area contributed by atoms with Crippen molar-refractivity contribution in [3.8, 4) is 0 Å². The van der Waals surface area contributed by atoms with E-state index in [-0.39, 0.29) is 18.6 Å². The molecule has 0 saturated carbocycles. The molecule has 1 fully saturated rings. The maximum atomic E-state index is 12.3. The summed E-state index contributed by atoms with van der Waals surface area (Å²) in [5.74, 6) is -1.32. The monoisotopic (exact) mass is 367 g/mol. The number of amides is 1. The van der Waals surface area contributed by atoms with Crippen molar-refractivity contribution >= 4 is 12.1 Å². The van der Waals surface area contributed by atoms with Crippen LogP contribution in [0.5, 0.6) is 0 Å². The van der Waals surface area contributed by atoms with Gasteiger partial charge in [0.1, 0.15) is 6.61 Å². The van der Waals surface area contributed by atoms with Crippen LogP contribution in [0.25, 0.3) is 0 Å². The highest BCUT2D eigenvalue weighted by Gasteiger charge is 2.34. The molecule has 1 aliphatic rings. The van der Waals surface area contributed by atoms with Crippen LogP contribution in [0.1, 0.15) is 35.4 Å². The van der Waals surface area contributed by atoms with E-state index in [0.29, 0.717) is 25.9 Å². The Morgan fingerprint density at radius 1 is 1.07 bits per heavy atom. The number of benzene rings is 2. The maximum Gasteiger partial charge on any atom is 0.410 e. The van der Waals surface area contributed by atoms with Crippen LogP contribution in [0, 0.1) is 12.8 Å². The zero-order chi connectivity index (χ0) is 19.2. The van der Waals surface area contributed by atoms with Gasteiger partial charge in [0.25, 0.3) is 0 Å². The molecule has 1 unspecified atom stereocenters. The van der Waals surface area contributed by atoms with Gasteiger partial charge in [-0.2, -0.15) is 0 Å². The Morgan fingerprint density at radius 2 is 1.70 bits per heavy atom. The maximum absolute atomic E-state index is 12.3. The number of carboxylic acids is 1. The molecule has 0 bridgehead atoms. The van der Waals surface area contributed by atoms with Crippen LogP contribution in [0.3, 0.4) is 0 Å². The first-order valence-corrected chi connectivity index (χ1v) is 9.29. The minimum Gasteiger partial charge on any atom is -0.481 e. The number of carbonyl (C=O) groups is 2. The number of ether oxygens (including phenoxy) is 1. The SMILES string of the molecule is Cc1ccc(C(C(=O)O)C2CCN(C(=O)OCc3ccccc3)CC2)cc1. The molecule has 27 heavy (non-hydrogen) atoms. The highest BCUT2D eigenvalue weighted by atomic mass is 16.6. The number of carboxylic acid groups (broad SMARTS) is 1. The summed E-state index contributed by atoms with van der Waals surface area (Å²) in [6.45, 7) is 3.28. The number of carbonyl (C=O) groups excluding carboxylic acids is 1. The quantitative estimate of drug-likeness (QED) is 0.859. The zero-order valence-electron chi connectivity index (χ0n) is 15.5. The number of hydrogen-bond donors (Lipinski definition) is 1. The fourth-order valence-electron chi connectivity index (χ4n) is 3.62. The van der Waals surface area contributed by atoms with Crippen molar-refractivity contribution in [3.63, 3.8) is 0 Å². The van der Waals surface area contributed by atoms with Gasteiger partial charge in [0, 0.05) is 13.1 Å². The van der Waals surface area contributed by atoms with Crippen LogP contribution in [-0.4, -0.2) is 35.2 Å². The van der Waals surface area contributed by atoms with E-state index in [1.807, 2.05) is 61.5 Å². The normalized spacial score (nSPS) is 16.0. The Balaban J connectivity index is 1.56. The number of hydrogen-bond acceptors (Lipinski definition) is 3. The van der Waals surface area contributed by atoms with Gasteiger partial charge < -0.3 is 14.7 Å². The fraction of sp³-hybridized carbons (Fsp3) is 0.364. The standard InChI is InChI=1S/C22H25NO4/c1-16-7-9-18(10-8-16)20(21(24)25)19-11-13-23(14-12-19)22(26)27-15-17-5-3-2-4-6-17/h2-10,19-20H,11-15H2,1H3,(H,24,25). The van der Waals surface area contributed by atoms with Crippen LogP contribution in [-0.2, 0) is 16.1 Å². The molecule has 1 saturated heterocycles. The fourth-order valence-corrected chi connectivity index (χ4v) is 3.62. The lowest BCUT2D eigenvalue weighted by molar-refractivity contribution is -0.140. The van der Waals surface area contributed by atoms with Gasteiger partial charge in [-0.15, -0.1) is 0 Å². The van der Waals surface area contributed by atoms with Gasteiger partial charge >= 0.3 is 12.1 Å². The minimum absolute atomic E-state index is 0.0170. The van der Waals surface area contributed by atoms with E-state index in [0.717, 1.165) is 16.7 Å². The summed E-state index contributed by atoms with van der Waals surface area (Å²) in [5, 5.41) is 9.73. The third-order valence-corrected chi connectivity index (χ3v) is 5.18. The second-order valence-electron chi connectivity index (χ2n) is 7.09. The van der Waals surface area contributed by atoms with E-state index in [4.69, 9.17) is 4.74 Å². The van der Waals surface area contributed by atoms with E-state index >= 15 is 0 Å². The van der Waals surface area contributed by atoms with Crippen molar-refractivity contribution in [3.05, 3.63) is 71.3 Å². The molecule has 1 heterocycles. The van der Waals surface area contributed by atoms with Gasteiger partial charge in [0.05, 0.1) is 5.92 Å². The number of nitrogens with zero attached hydrogens (tertiary/aromatic N) is 1. The van der Waals surface area contributed by atoms with E-state index < -0.39 is 11.9 Å². The van der Waals surface area contributed by atoms with Gasteiger partial charge in [-0.3, -0.25) is 4.79 Å². The third kappa shape index (κ3) is 4.88. The summed E-state index contributed by atoms with van der Waals surface area (Å²) in [6, 6.07) is 17.3. The van der Waals surface area contributed by atoms with E-state index in [2.05, 4.69) is 0 Å². The number of piperidine rings is 1. The lowest BCUT2D eigenvalue weighted by atomic mass is 9.80. The Bertz CT molecular complexity index is 765. The Hall–Kier alpha value is -2.82. The molecule has 142 valence electrons. The van der Waals surface area contributed by atoms with E-state index in [1.165, 1.54) is 0 Å². The molecule has 1 aliphatic heterocycles. The Kier molecular flexibility index (Phi) is 6.12. The van der Waals surface area contributed by atoms with Crippen molar-refractivity contribution in [1.29, 1.82) is 0 Å². The summed E-state index contributed by atoms with van der Waals surface area (Å²) < 4.78 is 5.38. The predicted octanol–water partition coefficient (Wildman–Crippen LogP) is 4.21. The molecule has 3 rings (SSSR count). The molecule has 0 spiro atoms. The van der Waals surface area contributed by atoms with Crippen molar-refractivity contribution in [2.75, 3.05) is 13.1 Å². The molecule has 0 radical (unpaired) electrons. The van der Waals surface area contributed by atoms with E-state index in [1.54, 1.807) is 4.90 Å². The van der Waals surface area contributed by atoms with Crippen LogP contribution in [0.2, 0.25) is 0 Å². The van der Waals surface area contributed by atoms with Crippen molar-refractivity contribution in [1.82, 2.24) is 4.90 Å². The first-order valence-electron chi connectivity index (χ1n) is 9.29. The first kappa shape index (κ1) is 19.0. The Labute approximate surface area is 159 Å². The molecule has 5 nitrogen and oxygen atoms in total. The number of aryl methyl sites for hydroxylation is 1. The van der Waals surface area contributed by atoms with Gasteiger partial charge in [0.2, 0.25) is 0 Å². The highest BCUT2D eigenvalue weighted by molar-refractivity contribution is 5.76. The van der Waals surface area contributed by atoms with Crippen molar-refractivity contribution < 1.29 is 19.4 Å². The number of likely N-dealkylation sites (tertiary alicyclic amines) is 1. The molecule has 0 aromatic heterocycles. The van der Waals surface area contributed by atoms with Crippen molar-refractivity contribution in [2.24, 2.45) is 5.92 Å². The van der Waals surface area contributed by atoms with Crippen LogP contribution >= 0.6 is 0 Å². The molecule has 5 heteroatoms. The van der Waals surface area contributed by atoms with Crippen LogP contribution < -0.4 is 0 Å². The molecular weight excluding hydrogens is 342 g/mol. The summed E-state index contributed by atoms with van der Waals surface area (Å²) in [6.07, 6.45) is 0.982. The predicted molar refractivity (Wildman–Crippen MR) is 102 cm³/mol. The lowest BCUT2D eigenvalue weighted by Gasteiger charge is -2.34. The molecule has 1 amide bonds. The zero-order valence-corrected chi connectivity index (χ0v) is 15.5. The van der Waals surface area contributed by atoms with Gasteiger partial charge in [-0.25, -0.2) is 4.79 Å². The van der Waals surface area contributed by atoms with Crippen LogP contribution in [0.15, 0.2) is 54.6 Å². The van der Waals surface area contributed by atoms with Crippen molar-refractivity contribution in [2.45, 2.75) is 32.3 Å². The molecule has 1 N–H and O–H groups in total. The number of aliphatic carboxylic acids is 1. The molecule has 1 atom stereocenters. The van der Waals surface area contributed by atoms with Gasteiger partial charge in [0.15, 0.2) is 0 Å². The first-order chi connectivity index (χ1) is 13.0. The molecule has 2 aromatic carbocycles. The minimum atomic E-state index is -0.802. The molecule has 2 aromatic rings. The smallest absolute Gasteiger partial charge is 0.410 e. The van der Waals surface area contributed by atoms with Gasteiger partial charge in [-0.1, -0.05) is 60.2 Å². The summed E-state index contributed by atoms with van der Waals surface area (Å²) >= 11 is 0. The van der Waals surface area contributed by atoms with E-state index in [9.17, 15) is 14.7 Å². The summed E-state index contributed by atoms with van der Waals surface area (Å²) in [4.78, 5) is 25.8. The third-order valence-electron chi connectivity index (χ3n) is 5.18. The average Bonchev–Trinajstić information content (AvgIpc) is 2.69. The molecular formula is C22H25NO4. The number of rotatable bonds is 5. The molecule has 0 aliphatic carbocycles. The second-order valence-corrected chi connectivity index (χ2v) is 7.09. The average molecular weight is 367 g/mol. The lowest BCUT2D eigenvalue weighted by Crippen LogP contribution is -2.41. The van der Waals surface area contributed by atoms with Crippen LogP contribution in [0.4, 0.5) is 4.79 Å². The second kappa shape index (κ2) is 8.71.